The van der Waals surface area contributed by atoms with Crippen LogP contribution in [0.2, 0.25) is 5.02 Å². The van der Waals surface area contributed by atoms with Crippen LogP contribution < -0.4 is 10.9 Å². The maximum atomic E-state index is 12.7. The van der Waals surface area contributed by atoms with Crippen molar-refractivity contribution in [1.29, 1.82) is 0 Å². The van der Waals surface area contributed by atoms with Gasteiger partial charge in [-0.15, -0.1) is 6.58 Å². The molecular weight excluding hydrogens is 394 g/mol. The number of nitrogens with one attached hydrogen (secondary N) is 1. The van der Waals surface area contributed by atoms with Crippen molar-refractivity contribution in [2.45, 2.75) is 24.7 Å². The molecule has 2 aromatic carbocycles. The first-order valence-corrected chi connectivity index (χ1v) is 10.1. The summed E-state index contributed by atoms with van der Waals surface area (Å²) < 4.78 is 1.54. The van der Waals surface area contributed by atoms with Gasteiger partial charge in [0.15, 0.2) is 5.16 Å². The maximum Gasteiger partial charge on any atom is 0.262 e. The van der Waals surface area contributed by atoms with Crippen LogP contribution in [0, 0.1) is 0 Å². The highest BCUT2D eigenvalue weighted by molar-refractivity contribution is 7.99. The van der Waals surface area contributed by atoms with E-state index in [1.54, 1.807) is 30.3 Å². The van der Waals surface area contributed by atoms with Crippen molar-refractivity contribution < 1.29 is 4.79 Å². The Bertz CT molecular complexity index is 1080. The molecule has 0 aliphatic carbocycles. The summed E-state index contributed by atoms with van der Waals surface area (Å²) in [6, 6.07) is 14.4. The molecule has 1 unspecified atom stereocenters. The predicted octanol–water partition coefficient (Wildman–Crippen LogP) is 4.21. The molecule has 5 nitrogen and oxygen atoms in total. The summed E-state index contributed by atoms with van der Waals surface area (Å²) in [5, 5.41) is 4.61. The largest absolute Gasteiger partial charge is 0.349 e. The van der Waals surface area contributed by atoms with E-state index in [1.807, 2.05) is 31.2 Å². The number of amides is 1. The third kappa shape index (κ3) is 4.64. The number of fused-ring (bicyclic) bond motifs is 1. The van der Waals surface area contributed by atoms with Gasteiger partial charge in [0.05, 0.1) is 22.7 Å². The Balaban J connectivity index is 1.75. The Labute approximate surface area is 172 Å². The van der Waals surface area contributed by atoms with Gasteiger partial charge in [0.25, 0.3) is 5.56 Å². The van der Waals surface area contributed by atoms with Gasteiger partial charge in [-0.05, 0) is 36.8 Å². The molecule has 1 heterocycles. The van der Waals surface area contributed by atoms with Crippen molar-refractivity contribution in [3.63, 3.8) is 0 Å². The fraction of sp³-hybridized carbons (Fsp3) is 0.190. The second-order valence-corrected chi connectivity index (χ2v) is 7.63. The lowest BCUT2D eigenvalue weighted by atomic mass is 10.1. The van der Waals surface area contributed by atoms with E-state index in [-0.39, 0.29) is 23.3 Å². The lowest BCUT2D eigenvalue weighted by Crippen LogP contribution is -2.29. The molecule has 1 atom stereocenters. The van der Waals surface area contributed by atoms with Crippen LogP contribution in [0.15, 0.2) is 71.1 Å². The van der Waals surface area contributed by atoms with Crippen molar-refractivity contribution in [2.75, 3.05) is 5.75 Å². The molecule has 28 heavy (non-hydrogen) atoms. The van der Waals surface area contributed by atoms with Gasteiger partial charge in [-0.1, -0.05) is 53.7 Å². The number of thioether (sulfide) groups is 1. The molecule has 0 saturated heterocycles. The van der Waals surface area contributed by atoms with Crippen LogP contribution in [0.4, 0.5) is 0 Å². The zero-order valence-electron chi connectivity index (χ0n) is 15.4. The minimum Gasteiger partial charge on any atom is -0.349 e. The van der Waals surface area contributed by atoms with Crippen molar-refractivity contribution in [3.8, 4) is 0 Å². The third-order valence-corrected chi connectivity index (χ3v) is 5.41. The minimum atomic E-state index is -0.174. The molecular formula is C21H20ClN3O2S. The van der Waals surface area contributed by atoms with E-state index in [0.717, 1.165) is 5.56 Å². The van der Waals surface area contributed by atoms with Crippen LogP contribution in [0.1, 0.15) is 18.5 Å². The number of allylic oxidation sites excluding steroid dienone is 1. The Morgan fingerprint density at radius 1 is 1.32 bits per heavy atom. The molecule has 0 aliphatic rings. The summed E-state index contributed by atoms with van der Waals surface area (Å²) in [7, 11) is 0. The van der Waals surface area contributed by atoms with E-state index in [1.165, 1.54) is 16.3 Å². The summed E-state index contributed by atoms with van der Waals surface area (Å²) in [6.45, 7) is 5.94. The average molecular weight is 414 g/mol. The lowest BCUT2D eigenvalue weighted by molar-refractivity contribution is -0.119. The van der Waals surface area contributed by atoms with Crippen LogP contribution >= 0.6 is 23.4 Å². The molecule has 0 spiro atoms. The average Bonchev–Trinajstić information content (AvgIpc) is 2.69. The first kappa shape index (κ1) is 20.2. The summed E-state index contributed by atoms with van der Waals surface area (Å²) >= 11 is 7.24. The fourth-order valence-electron chi connectivity index (χ4n) is 2.82. The number of hydrogen-bond donors (Lipinski definition) is 1. The van der Waals surface area contributed by atoms with E-state index in [2.05, 4.69) is 16.9 Å². The number of hydrogen-bond acceptors (Lipinski definition) is 4. The highest BCUT2D eigenvalue weighted by Crippen LogP contribution is 2.20. The smallest absolute Gasteiger partial charge is 0.262 e. The highest BCUT2D eigenvalue weighted by Gasteiger charge is 2.14. The minimum absolute atomic E-state index is 0.138. The van der Waals surface area contributed by atoms with Gasteiger partial charge in [-0.2, -0.15) is 0 Å². The standard InChI is InChI=1S/C21H20ClN3O2S/c1-3-11-25-20(27)17-9-4-5-10-18(17)24-21(25)28-13-19(26)23-14(2)15-7-6-8-16(22)12-15/h3-10,12,14H,1,11,13H2,2H3,(H,23,26). The first-order valence-electron chi connectivity index (χ1n) is 8.77. The molecule has 0 saturated carbocycles. The number of rotatable bonds is 7. The molecule has 0 bridgehead atoms. The van der Waals surface area contributed by atoms with Crippen LogP contribution in [0.25, 0.3) is 10.9 Å². The number of halogens is 1. The van der Waals surface area contributed by atoms with Gasteiger partial charge < -0.3 is 5.32 Å². The lowest BCUT2D eigenvalue weighted by Gasteiger charge is -2.15. The number of aromatic nitrogens is 2. The molecule has 3 aromatic rings. The molecule has 7 heteroatoms. The summed E-state index contributed by atoms with van der Waals surface area (Å²) in [4.78, 5) is 29.7. The molecule has 0 aliphatic heterocycles. The number of carbonyl (C=O) groups excluding carboxylic acids is 1. The Morgan fingerprint density at radius 2 is 2.11 bits per heavy atom. The van der Waals surface area contributed by atoms with Crippen LogP contribution in [-0.4, -0.2) is 21.2 Å². The number of nitrogens with zero attached hydrogens (tertiary/aromatic N) is 2. The SMILES string of the molecule is C=CCn1c(SCC(=O)NC(C)c2cccc(Cl)c2)nc2ccccc2c1=O. The van der Waals surface area contributed by atoms with Gasteiger partial charge in [-0.25, -0.2) is 4.98 Å². The second-order valence-electron chi connectivity index (χ2n) is 6.25. The van der Waals surface area contributed by atoms with Crippen LogP contribution in [0.5, 0.6) is 0 Å². The molecule has 0 radical (unpaired) electrons. The number of carbonyl (C=O) groups is 1. The van der Waals surface area contributed by atoms with Gasteiger partial charge in [0, 0.05) is 11.6 Å². The van der Waals surface area contributed by atoms with E-state index < -0.39 is 0 Å². The molecule has 144 valence electrons. The Hall–Kier alpha value is -2.57. The quantitative estimate of drug-likeness (QED) is 0.358. The molecule has 3 rings (SSSR count). The van der Waals surface area contributed by atoms with Crippen molar-refractivity contribution in [3.05, 3.63) is 82.1 Å². The normalized spacial score (nSPS) is 11.9. The molecule has 0 fully saturated rings. The van der Waals surface area contributed by atoms with E-state index in [9.17, 15) is 9.59 Å². The van der Waals surface area contributed by atoms with Gasteiger partial charge >= 0.3 is 0 Å². The second kappa shape index (κ2) is 9.08. The monoisotopic (exact) mass is 413 g/mol. The summed E-state index contributed by atoms with van der Waals surface area (Å²) in [5.41, 5.74) is 1.40. The van der Waals surface area contributed by atoms with E-state index in [0.29, 0.717) is 27.6 Å². The number of para-hydroxylation sites is 1. The van der Waals surface area contributed by atoms with Crippen molar-refractivity contribution >= 4 is 40.2 Å². The summed E-state index contributed by atoms with van der Waals surface area (Å²) in [6.07, 6.45) is 1.64. The van der Waals surface area contributed by atoms with E-state index in [4.69, 9.17) is 11.6 Å². The van der Waals surface area contributed by atoms with Crippen LogP contribution in [0.3, 0.4) is 0 Å². The molecule has 1 aromatic heterocycles. The van der Waals surface area contributed by atoms with Gasteiger partial charge in [0.1, 0.15) is 0 Å². The predicted molar refractivity (Wildman–Crippen MR) is 115 cm³/mol. The van der Waals surface area contributed by atoms with Crippen molar-refractivity contribution in [1.82, 2.24) is 14.9 Å². The zero-order valence-corrected chi connectivity index (χ0v) is 17.0. The Morgan fingerprint density at radius 3 is 2.86 bits per heavy atom. The maximum absolute atomic E-state index is 12.7. The topological polar surface area (TPSA) is 64.0 Å². The van der Waals surface area contributed by atoms with E-state index >= 15 is 0 Å². The van der Waals surface area contributed by atoms with Crippen molar-refractivity contribution in [2.24, 2.45) is 0 Å². The highest BCUT2D eigenvalue weighted by atomic mass is 35.5. The Kier molecular flexibility index (Phi) is 6.54. The number of benzene rings is 2. The first-order chi connectivity index (χ1) is 13.5. The third-order valence-electron chi connectivity index (χ3n) is 4.20. The molecule has 1 N–H and O–H groups in total. The molecule has 1 amide bonds. The fourth-order valence-corrected chi connectivity index (χ4v) is 3.84. The van der Waals surface area contributed by atoms with Gasteiger partial charge in [0.2, 0.25) is 5.91 Å². The zero-order chi connectivity index (χ0) is 20.1. The van der Waals surface area contributed by atoms with Crippen LogP contribution in [-0.2, 0) is 11.3 Å². The van der Waals surface area contributed by atoms with Gasteiger partial charge in [-0.3, -0.25) is 14.2 Å². The summed E-state index contributed by atoms with van der Waals surface area (Å²) in [5.74, 6) is -0.00245.